The molecule has 15 heteroatoms. The molecule has 6 nitrogen and oxygen atoms in total. The summed E-state index contributed by atoms with van der Waals surface area (Å²) in [6.45, 7) is -0.295. The zero-order chi connectivity index (χ0) is 29.2. The molecule has 0 bridgehead atoms. The average Bonchev–Trinajstić information content (AvgIpc) is 3.27. The third-order valence-electron chi connectivity index (χ3n) is 7.35. The Morgan fingerprint density at radius 1 is 0.974 bits per heavy atom. The average molecular weight is 584 g/mol. The number of benzene rings is 2. The highest BCUT2D eigenvalue weighted by Gasteiger charge is 2.73. The molecule has 2 aromatic carbocycles. The van der Waals surface area contributed by atoms with Gasteiger partial charge in [-0.2, -0.15) is 26.3 Å². The van der Waals surface area contributed by atoms with Gasteiger partial charge in [-0.1, -0.05) is 18.2 Å². The van der Waals surface area contributed by atoms with Crippen molar-refractivity contribution in [3.05, 3.63) is 65.0 Å². The maximum absolute atomic E-state index is 14.8. The van der Waals surface area contributed by atoms with Crippen molar-refractivity contribution >= 4 is 21.7 Å². The van der Waals surface area contributed by atoms with Gasteiger partial charge in [0.2, 0.25) is 0 Å². The third-order valence-corrected chi connectivity index (χ3v) is 9.90. The number of hydrogen-bond donors (Lipinski definition) is 1. The van der Waals surface area contributed by atoms with Gasteiger partial charge in [-0.15, -0.1) is 0 Å². The minimum atomic E-state index is -6.38. The molecular weight excluding hydrogens is 564 g/mol. The van der Waals surface area contributed by atoms with E-state index in [1.165, 1.54) is 7.05 Å². The number of alkyl halides is 7. The van der Waals surface area contributed by atoms with Crippen LogP contribution in [0.5, 0.6) is 0 Å². The third kappa shape index (κ3) is 4.07. The number of carbonyl (C=O) groups excluding carboxylic acids is 2. The molecule has 1 saturated heterocycles. The first-order valence-electron chi connectivity index (χ1n) is 11.4. The van der Waals surface area contributed by atoms with E-state index in [-0.39, 0.29) is 43.0 Å². The lowest BCUT2D eigenvalue weighted by atomic mass is 9.76. The highest BCUT2D eigenvalue weighted by molar-refractivity contribution is 7.92. The van der Waals surface area contributed by atoms with Gasteiger partial charge in [-0.3, -0.25) is 9.59 Å². The quantitative estimate of drug-likeness (QED) is 0.335. The molecule has 1 aliphatic carbocycles. The van der Waals surface area contributed by atoms with Crippen molar-refractivity contribution in [2.75, 3.05) is 13.6 Å². The largest absolute Gasteiger partial charge is 0.435 e. The van der Waals surface area contributed by atoms with Crippen molar-refractivity contribution in [1.29, 1.82) is 0 Å². The zero-order valence-electron chi connectivity index (χ0n) is 20.0. The number of nitrogens with one attached hydrogen (secondary N) is 1. The summed E-state index contributed by atoms with van der Waals surface area (Å²) in [7, 11) is -3.46. The summed E-state index contributed by atoms with van der Waals surface area (Å²) in [5.74, 6) is -2.93. The monoisotopic (exact) mass is 584 g/mol. The summed E-state index contributed by atoms with van der Waals surface area (Å²) in [6, 6.07) is 3.57. The van der Waals surface area contributed by atoms with E-state index in [1.807, 2.05) is 0 Å². The van der Waals surface area contributed by atoms with Gasteiger partial charge in [0.15, 0.2) is 9.84 Å². The van der Waals surface area contributed by atoms with E-state index in [2.05, 4.69) is 5.32 Å². The van der Waals surface area contributed by atoms with Gasteiger partial charge in [-0.05, 0) is 54.7 Å². The lowest BCUT2D eigenvalue weighted by molar-refractivity contribution is -0.348. The summed E-state index contributed by atoms with van der Waals surface area (Å²) >= 11 is 0. The Morgan fingerprint density at radius 2 is 1.56 bits per heavy atom. The van der Waals surface area contributed by atoms with E-state index < -0.39 is 66.7 Å². The van der Waals surface area contributed by atoms with Crippen LogP contribution in [0.15, 0.2) is 47.4 Å². The summed E-state index contributed by atoms with van der Waals surface area (Å²) in [4.78, 5) is 25.4. The van der Waals surface area contributed by atoms with Crippen molar-refractivity contribution in [2.24, 2.45) is 0 Å². The SMILES string of the molecule is CNC(=O)C(=O)N1CC[C@]2(S(=O)(=O)c3ccc(F)cc3)c3ccc(C(F)(C(F)(F)F)C(F)(F)F)cc3CC[C@H]12. The maximum atomic E-state index is 14.8. The van der Waals surface area contributed by atoms with Crippen molar-refractivity contribution in [3.8, 4) is 0 Å². The van der Waals surface area contributed by atoms with Gasteiger partial charge < -0.3 is 10.2 Å². The van der Waals surface area contributed by atoms with Gasteiger partial charge in [0, 0.05) is 19.2 Å². The second kappa shape index (κ2) is 9.17. The Morgan fingerprint density at radius 3 is 2.10 bits per heavy atom. The first-order chi connectivity index (χ1) is 17.9. The molecule has 0 radical (unpaired) electrons. The smallest absolute Gasteiger partial charge is 0.351 e. The van der Waals surface area contributed by atoms with Gasteiger partial charge >= 0.3 is 29.8 Å². The fourth-order valence-electron chi connectivity index (χ4n) is 5.53. The molecule has 0 saturated carbocycles. The van der Waals surface area contributed by atoms with Gasteiger partial charge in [0.25, 0.3) is 0 Å². The van der Waals surface area contributed by atoms with Crippen LogP contribution in [-0.2, 0) is 36.3 Å². The van der Waals surface area contributed by atoms with Crippen molar-refractivity contribution in [3.63, 3.8) is 0 Å². The zero-order valence-corrected chi connectivity index (χ0v) is 20.8. The summed E-state index contributed by atoms with van der Waals surface area (Å²) < 4.78 is 135. The number of hydrogen-bond acceptors (Lipinski definition) is 4. The van der Waals surface area contributed by atoms with E-state index in [0.717, 1.165) is 29.2 Å². The minimum absolute atomic E-state index is 0.230. The van der Waals surface area contributed by atoms with Crippen LogP contribution in [0.3, 0.4) is 0 Å². The molecule has 0 spiro atoms. The number of sulfone groups is 1. The number of amides is 2. The number of aryl methyl sites for hydroxylation is 1. The molecule has 39 heavy (non-hydrogen) atoms. The van der Waals surface area contributed by atoms with Crippen LogP contribution in [0.1, 0.15) is 29.5 Å². The molecule has 1 heterocycles. The summed E-state index contributed by atoms with van der Waals surface area (Å²) in [5.41, 5.74) is -8.03. The van der Waals surface area contributed by atoms with Crippen molar-refractivity contribution < 1.29 is 53.1 Å². The van der Waals surface area contributed by atoms with Crippen LogP contribution in [0.25, 0.3) is 0 Å². The van der Waals surface area contributed by atoms with E-state index in [1.54, 1.807) is 0 Å². The summed E-state index contributed by atoms with van der Waals surface area (Å²) in [6.07, 6.45) is -13.7. The lowest BCUT2D eigenvalue weighted by Gasteiger charge is -2.43. The molecule has 212 valence electrons. The van der Waals surface area contributed by atoms with Crippen LogP contribution >= 0.6 is 0 Å². The number of likely N-dealkylation sites (N-methyl/N-ethyl adjacent to an activating group) is 1. The highest BCUT2D eigenvalue weighted by atomic mass is 32.2. The molecule has 2 amide bonds. The molecule has 1 aliphatic heterocycles. The normalized spacial score (nSPS) is 21.8. The second-order valence-electron chi connectivity index (χ2n) is 9.25. The Labute approximate surface area is 216 Å². The van der Waals surface area contributed by atoms with Crippen molar-refractivity contribution in [2.45, 2.75) is 53.0 Å². The van der Waals surface area contributed by atoms with E-state index in [4.69, 9.17) is 0 Å². The van der Waals surface area contributed by atoms with Gasteiger partial charge in [0.1, 0.15) is 10.6 Å². The van der Waals surface area contributed by atoms with Crippen LogP contribution in [-0.4, -0.2) is 57.1 Å². The molecule has 2 aromatic rings. The molecule has 2 aliphatic rings. The van der Waals surface area contributed by atoms with Crippen LogP contribution in [0.2, 0.25) is 0 Å². The fraction of sp³-hybridized carbons (Fsp3) is 0.417. The topological polar surface area (TPSA) is 83.6 Å². The number of halogens is 8. The standard InChI is InChI=1S/C24H20F8N2O4S/c1-33-19(35)20(36)34-11-10-21(39(37,38)16-6-4-15(25)5-7-16)17-8-3-14(12-13(17)2-9-18(21)34)22(26,23(27,28)29)24(30,31)32/h3-8,12,18H,2,9-11H2,1H3,(H,33,35)/t18-,21-/m0/s1. The fourth-order valence-corrected chi connectivity index (χ4v) is 7.90. The van der Waals surface area contributed by atoms with Crippen LogP contribution < -0.4 is 5.32 Å². The molecule has 0 unspecified atom stereocenters. The first-order valence-corrected chi connectivity index (χ1v) is 12.9. The van der Waals surface area contributed by atoms with E-state index in [0.29, 0.717) is 12.1 Å². The first kappa shape index (κ1) is 28.8. The number of likely N-dealkylation sites (tertiary alicyclic amines) is 1. The Balaban J connectivity index is 1.96. The Hall–Kier alpha value is -3.23. The van der Waals surface area contributed by atoms with E-state index in [9.17, 15) is 53.1 Å². The maximum Gasteiger partial charge on any atom is 0.435 e. The molecule has 2 atom stereocenters. The molecule has 1 N–H and O–H groups in total. The number of rotatable bonds is 3. The highest BCUT2D eigenvalue weighted by Crippen LogP contribution is 2.56. The number of nitrogens with zero attached hydrogens (tertiary/aromatic N) is 1. The number of fused-ring (bicyclic) bond motifs is 3. The molecule has 0 aromatic heterocycles. The lowest BCUT2D eigenvalue weighted by Crippen LogP contribution is -2.54. The van der Waals surface area contributed by atoms with Gasteiger partial charge in [0.05, 0.1) is 10.9 Å². The molecule has 1 fully saturated rings. The Kier molecular flexibility index (Phi) is 6.76. The molecule has 4 rings (SSSR count). The van der Waals surface area contributed by atoms with Crippen LogP contribution in [0, 0.1) is 5.82 Å². The summed E-state index contributed by atoms with van der Waals surface area (Å²) in [5, 5.41) is 2.12. The minimum Gasteiger partial charge on any atom is -0.351 e. The number of carbonyl (C=O) groups is 2. The predicted octanol–water partition coefficient (Wildman–Crippen LogP) is 4.08. The van der Waals surface area contributed by atoms with Crippen LogP contribution in [0.4, 0.5) is 35.1 Å². The van der Waals surface area contributed by atoms with E-state index >= 15 is 0 Å². The second-order valence-corrected chi connectivity index (χ2v) is 11.5. The molecular formula is C24H20F8N2O4S. The predicted molar refractivity (Wildman–Crippen MR) is 119 cm³/mol. The Bertz CT molecular complexity index is 1410. The van der Waals surface area contributed by atoms with Gasteiger partial charge in [-0.25, -0.2) is 17.2 Å². The van der Waals surface area contributed by atoms with Crippen molar-refractivity contribution in [1.82, 2.24) is 10.2 Å².